The number of thiophene rings is 1. The Hall–Kier alpha value is -1.40. The van der Waals surface area contributed by atoms with Gasteiger partial charge in [-0.1, -0.05) is 0 Å². The zero-order valence-corrected chi connectivity index (χ0v) is 12.1. The van der Waals surface area contributed by atoms with Crippen molar-refractivity contribution in [3.05, 3.63) is 38.6 Å². The van der Waals surface area contributed by atoms with Crippen LogP contribution in [0.2, 0.25) is 0 Å². The van der Waals surface area contributed by atoms with E-state index in [-0.39, 0.29) is 0 Å². The quantitative estimate of drug-likeness (QED) is 0.788. The van der Waals surface area contributed by atoms with Gasteiger partial charge < -0.3 is 5.73 Å². The lowest BCUT2D eigenvalue weighted by molar-refractivity contribution is 0.839. The van der Waals surface area contributed by atoms with Gasteiger partial charge in [-0.2, -0.15) is 0 Å². The number of pyridine rings is 1. The zero-order chi connectivity index (χ0) is 12.7. The molecule has 0 unspecified atom stereocenters. The van der Waals surface area contributed by atoms with Crippen LogP contribution in [-0.4, -0.2) is 14.5 Å². The SMILES string of the molecule is Cc1ccc2nc(N)n(Cc3ccc(Br)s3)c2n1. The number of nitrogen functional groups attached to an aromatic ring is 1. The maximum atomic E-state index is 5.96. The van der Waals surface area contributed by atoms with Gasteiger partial charge in [-0.25, -0.2) is 9.97 Å². The molecule has 0 aliphatic rings. The number of hydrogen-bond acceptors (Lipinski definition) is 4. The standard InChI is InChI=1S/C12H11BrN4S/c1-7-2-4-9-11(15-7)17(12(14)16-9)6-8-3-5-10(13)18-8/h2-5H,6H2,1H3,(H2,14,16). The molecule has 0 saturated carbocycles. The van der Waals surface area contributed by atoms with Crippen LogP contribution in [0.5, 0.6) is 0 Å². The van der Waals surface area contributed by atoms with E-state index in [2.05, 4.69) is 32.0 Å². The van der Waals surface area contributed by atoms with Gasteiger partial charge in [0.25, 0.3) is 0 Å². The summed E-state index contributed by atoms with van der Waals surface area (Å²) < 4.78 is 3.06. The van der Waals surface area contributed by atoms with E-state index in [1.54, 1.807) is 11.3 Å². The predicted molar refractivity (Wildman–Crippen MR) is 77.8 cm³/mol. The van der Waals surface area contributed by atoms with Crippen LogP contribution < -0.4 is 5.73 Å². The smallest absolute Gasteiger partial charge is 0.202 e. The molecule has 2 N–H and O–H groups in total. The average molecular weight is 323 g/mol. The Balaban J connectivity index is 2.10. The number of aromatic nitrogens is 3. The first-order valence-electron chi connectivity index (χ1n) is 5.47. The van der Waals surface area contributed by atoms with Crippen molar-refractivity contribution >= 4 is 44.4 Å². The molecule has 4 nitrogen and oxygen atoms in total. The first kappa shape index (κ1) is 11.7. The van der Waals surface area contributed by atoms with Crippen LogP contribution in [0.1, 0.15) is 10.6 Å². The van der Waals surface area contributed by atoms with Crippen LogP contribution in [0.25, 0.3) is 11.2 Å². The van der Waals surface area contributed by atoms with E-state index in [0.29, 0.717) is 12.5 Å². The maximum Gasteiger partial charge on any atom is 0.202 e. The number of imidazole rings is 1. The van der Waals surface area contributed by atoms with Gasteiger partial charge in [0.2, 0.25) is 5.95 Å². The van der Waals surface area contributed by atoms with Crippen LogP contribution in [0.15, 0.2) is 28.1 Å². The van der Waals surface area contributed by atoms with Crippen LogP contribution in [0.3, 0.4) is 0 Å². The summed E-state index contributed by atoms with van der Waals surface area (Å²) in [5, 5.41) is 0. The van der Waals surface area contributed by atoms with Crippen molar-refractivity contribution in [2.45, 2.75) is 13.5 Å². The molecule has 0 amide bonds. The molecule has 0 fully saturated rings. The number of nitrogens with two attached hydrogens (primary N) is 1. The number of anilines is 1. The molecule has 0 spiro atoms. The Morgan fingerprint density at radius 1 is 1.28 bits per heavy atom. The first-order valence-corrected chi connectivity index (χ1v) is 7.08. The largest absolute Gasteiger partial charge is 0.369 e. The number of fused-ring (bicyclic) bond motifs is 1. The van der Waals surface area contributed by atoms with Crippen LogP contribution in [-0.2, 0) is 6.54 Å². The minimum Gasteiger partial charge on any atom is -0.369 e. The summed E-state index contributed by atoms with van der Waals surface area (Å²) in [6, 6.07) is 8.01. The highest BCUT2D eigenvalue weighted by Gasteiger charge is 2.10. The molecule has 0 bridgehead atoms. The van der Waals surface area contributed by atoms with Crippen molar-refractivity contribution in [2.24, 2.45) is 0 Å². The van der Waals surface area contributed by atoms with Gasteiger partial charge in [0.15, 0.2) is 5.65 Å². The number of aryl methyl sites for hydroxylation is 1. The van der Waals surface area contributed by atoms with Crippen molar-refractivity contribution in [3.8, 4) is 0 Å². The third kappa shape index (κ3) is 2.02. The number of halogens is 1. The fourth-order valence-corrected chi connectivity index (χ4v) is 3.33. The summed E-state index contributed by atoms with van der Waals surface area (Å²) in [7, 11) is 0. The van der Waals surface area contributed by atoms with Crippen molar-refractivity contribution in [1.29, 1.82) is 0 Å². The van der Waals surface area contributed by atoms with Crippen molar-refractivity contribution in [1.82, 2.24) is 14.5 Å². The van der Waals surface area contributed by atoms with Gasteiger partial charge in [0, 0.05) is 10.6 Å². The molecule has 0 aliphatic carbocycles. The van der Waals surface area contributed by atoms with Gasteiger partial charge in [-0.05, 0) is 47.1 Å². The number of nitrogens with zero attached hydrogens (tertiary/aromatic N) is 3. The molecule has 0 aliphatic heterocycles. The van der Waals surface area contributed by atoms with Crippen molar-refractivity contribution in [2.75, 3.05) is 5.73 Å². The summed E-state index contributed by atoms with van der Waals surface area (Å²) in [6.07, 6.45) is 0. The second kappa shape index (κ2) is 4.37. The molecule has 0 saturated heterocycles. The van der Waals surface area contributed by atoms with Crippen LogP contribution in [0, 0.1) is 6.92 Å². The highest BCUT2D eigenvalue weighted by Crippen LogP contribution is 2.25. The lowest BCUT2D eigenvalue weighted by Crippen LogP contribution is -2.04. The van der Waals surface area contributed by atoms with Crippen LogP contribution in [0.4, 0.5) is 5.95 Å². The normalized spacial score (nSPS) is 11.2. The molecule has 3 rings (SSSR count). The van der Waals surface area contributed by atoms with Gasteiger partial charge in [0.1, 0.15) is 5.52 Å². The topological polar surface area (TPSA) is 56.7 Å². The summed E-state index contributed by atoms with van der Waals surface area (Å²) in [4.78, 5) is 10.1. The summed E-state index contributed by atoms with van der Waals surface area (Å²) in [5.41, 5.74) is 8.62. The summed E-state index contributed by atoms with van der Waals surface area (Å²) >= 11 is 5.16. The van der Waals surface area contributed by atoms with E-state index < -0.39 is 0 Å². The van der Waals surface area contributed by atoms with Gasteiger partial charge in [-0.3, -0.25) is 4.57 Å². The maximum absolute atomic E-state index is 5.96. The lowest BCUT2D eigenvalue weighted by atomic mass is 10.3. The minimum atomic E-state index is 0.507. The van der Waals surface area contributed by atoms with Gasteiger partial charge in [-0.15, -0.1) is 11.3 Å². The van der Waals surface area contributed by atoms with Crippen molar-refractivity contribution in [3.63, 3.8) is 0 Å². The minimum absolute atomic E-state index is 0.507. The molecule has 0 aromatic carbocycles. The average Bonchev–Trinajstić information content (AvgIpc) is 2.86. The van der Waals surface area contributed by atoms with Crippen molar-refractivity contribution < 1.29 is 0 Å². The van der Waals surface area contributed by atoms with E-state index >= 15 is 0 Å². The molecule has 0 radical (unpaired) electrons. The van der Waals surface area contributed by atoms with E-state index in [9.17, 15) is 0 Å². The Labute approximate surface area is 117 Å². The van der Waals surface area contributed by atoms with Gasteiger partial charge in [0.05, 0.1) is 10.3 Å². The lowest BCUT2D eigenvalue weighted by Gasteiger charge is -2.03. The third-order valence-electron chi connectivity index (χ3n) is 2.70. The second-order valence-electron chi connectivity index (χ2n) is 4.06. The van der Waals surface area contributed by atoms with E-state index in [4.69, 9.17) is 5.73 Å². The molecular weight excluding hydrogens is 312 g/mol. The highest BCUT2D eigenvalue weighted by molar-refractivity contribution is 9.11. The fourth-order valence-electron chi connectivity index (χ4n) is 1.86. The Kier molecular flexibility index (Phi) is 2.83. The first-order chi connectivity index (χ1) is 8.63. The molecule has 3 heterocycles. The van der Waals surface area contributed by atoms with Crippen LogP contribution >= 0.6 is 27.3 Å². The van der Waals surface area contributed by atoms with Gasteiger partial charge >= 0.3 is 0 Å². The second-order valence-corrected chi connectivity index (χ2v) is 6.60. The zero-order valence-electron chi connectivity index (χ0n) is 9.72. The summed E-state index contributed by atoms with van der Waals surface area (Å²) in [5.74, 6) is 0.507. The predicted octanol–water partition coefficient (Wildman–Crippen LogP) is 3.19. The Bertz CT molecular complexity index is 716. The Morgan fingerprint density at radius 2 is 2.11 bits per heavy atom. The fraction of sp³-hybridized carbons (Fsp3) is 0.167. The molecule has 3 aromatic heterocycles. The highest BCUT2D eigenvalue weighted by atomic mass is 79.9. The molecule has 3 aromatic rings. The molecule has 92 valence electrons. The third-order valence-corrected chi connectivity index (χ3v) is 4.31. The molecular formula is C12H11BrN4S. The molecule has 6 heteroatoms. The molecule has 0 atom stereocenters. The van der Waals surface area contributed by atoms with E-state index in [1.807, 2.05) is 29.7 Å². The summed E-state index contributed by atoms with van der Waals surface area (Å²) in [6.45, 7) is 2.67. The number of rotatable bonds is 2. The Morgan fingerprint density at radius 3 is 2.83 bits per heavy atom. The monoisotopic (exact) mass is 322 g/mol. The van der Waals surface area contributed by atoms with E-state index in [1.165, 1.54) is 4.88 Å². The molecule has 18 heavy (non-hydrogen) atoms. The number of hydrogen-bond donors (Lipinski definition) is 1. The van der Waals surface area contributed by atoms with E-state index in [0.717, 1.165) is 20.6 Å².